The summed E-state index contributed by atoms with van der Waals surface area (Å²) in [6.07, 6.45) is 2.07. The number of ether oxygens (including phenoxy) is 1. The normalized spacial score (nSPS) is 21.2. The summed E-state index contributed by atoms with van der Waals surface area (Å²) in [5.74, 6) is 1.91. The van der Waals surface area contributed by atoms with Crippen molar-refractivity contribution in [3.8, 4) is 23.6 Å². The average Bonchev–Trinajstić information content (AvgIpc) is 3.10. The molecule has 0 saturated heterocycles. The molecule has 3 aliphatic carbocycles. The molecule has 31 heavy (non-hydrogen) atoms. The molecule has 0 radical (unpaired) electrons. The molecule has 152 valence electrons. The molecular weight excluding hydrogens is 412 g/mol. The maximum Gasteiger partial charge on any atom is 0.307 e. The number of aromatic nitrogens is 3. The number of aromatic amines is 1. The minimum atomic E-state index is -0.235. The first-order valence-electron chi connectivity index (χ1n) is 10.0. The molecule has 2 aromatic carbocycles. The minimum Gasteiger partial charge on any atom is -0.494 e. The van der Waals surface area contributed by atoms with Gasteiger partial charge in [-0.05, 0) is 54.0 Å². The van der Waals surface area contributed by atoms with E-state index in [0.29, 0.717) is 33.7 Å². The van der Waals surface area contributed by atoms with Crippen LogP contribution in [0.4, 0.5) is 0 Å². The third kappa shape index (κ3) is 2.74. The Morgan fingerprint density at radius 3 is 2.68 bits per heavy atom. The molecule has 0 amide bonds. The molecule has 2 aromatic heterocycles. The van der Waals surface area contributed by atoms with E-state index < -0.39 is 0 Å². The van der Waals surface area contributed by atoms with Crippen LogP contribution in [0.1, 0.15) is 46.4 Å². The van der Waals surface area contributed by atoms with Crippen LogP contribution in [-0.2, 0) is 0 Å². The third-order valence-electron chi connectivity index (χ3n) is 6.39. The summed E-state index contributed by atoms with van der Waals surface area (Å²) in [6, 6.07) is 15.4. The van der Waals surface area contributed by atoms with Gasteiger partial charge in [0, 0.05) is 16.7 Å². The lowest BCUT2D eigenvalue weighted by molar-refractivity contribution is 0.210. The van der Waals surface area contributed by atoms with E-state index in [2.05, 4.69) is 21.3 Å². The van der Waals surface area contributed by atoms with Crippen LogP contribution in [-0.4, -0.2) is 20.3 Å². The van der Waals surface area contributed by atoms with Crippen molar-refractivity contribution in [2.75, 3.05) is 0 Å². The standard InChI is InChI=1S/C23H16N4O3S/c24-10-18-14-3-1-2-4-16(14)22(27-26-18)30-13-5-6-15-17(9-13)11-7-12(8-11)19(15)20-21(28)25-23(29)31-20/h1-6,9,11-12,19,28H,7-8H2,(H,25,29)/t11?,12?,19-/m1/s1. The molecule has 2 bridgehead atoms. The van der Waals surface area contributed by atoms with Crippen LogP contribution in [0.5, 0.6) is 17.5 Å². The largest absolute Gasteiger partial charge is 0.494 e. The van der Waals surface area contributed by atoms with Gasteiger partial charge in [-0.1, -0.05) is 35.6 Å². The van der Waals surface area contributed by atoms with Crippen molar-refractivity contribution in [1.29, 1.82) is 5.26 Å². The monoisotopic (exact) mass is 428 g/mol. The summed E-state index contributed by atoms with van der Waals surface area (Å²) >= 11 is 1.09. The SMILES string of the molecule is N#Cc1nnc(Oc2ccc3c(c2)C2CC(C2)[C@H]3c2sc(=O)[nH]c2O)c2ccccc12. The third-order valence-corrected chi connectivity index (χ3v) is 7.35. The van der Waals surface area contributed by atoms with Crippen molar-refractivity contribution in [2.45, 2.75) is 24.7 Å². The van der Waals surface area contributed by atoms with Crippen LogP contribution >= 0.6 is 11.3 Å². The number of nitrogens with zero attached hydrogens (tertiary/aromatic N) is 3. The molecule has 2 N–H and O–H groups in total. The fraction of sp³-hybridized carbons (Fsp3) is 0.217. The van der Waals surface area contributed by atoms with Gasteiger partial charge in [0.05, 0.1) is 4.88 Å². The van der Waals surface area contributed by atoms with Crippen molar-refractivity contribution in [2.24, 2.45) is 5.92 Å². The number of H-pyrrole nitrogens is 1. The zero-order chi connectivity index (χ0) is 21.1. The van der Waals surface area contributed by atoms with Gasteiger partial charge in [-0.15, -0.1) is 10.2 Å². The number of nitrogens with one attached hydrogen (secondary N) is 1. The van der Waals surface area contributed by atoms with Gasteiger partial charge in [0.15, 0.2) is 5.69 Å². The van der Waals surface area contributed by atoms with Crippen LogP contribution in [0, 0.1) is 17.2 Å². The predicted molar refractivity (Wildman–Crippen MR) is 115 cm³/mol. The van der Waals surface area contributed by atoms with Crippen LogP contribution < -0.4 is 9.61 Å². The first-order valence-corrected chi connectivity index (χ1v) is 10.8. The number of hydrogen-bond donors (Lipinski definition) is 2. The second-order valence-corrected chi connectivity index (χ2v) is 9.05. The molecular formula is C23H16N4O3S. The maximum absolute atomic E-state index is 11.7. The Morgan fingerprint density at radius 2 is 1.94 bits per heavy atom. The molecule has 1 atom stereocenters. The summed E-state index contributed by atoms with van der Waals surface area (Å²) < 4.78 is 6.11. The van der Waals surface area contributed by atoms with Crippen LogP contribution in [0.15, 0.2) is 47.3 Å². The number of nitriles is 1. The highest BCUT2D eigenvalue weighted by Crippen LogP contribution is 2.59. The van der Waals surface area contributed by atoms with Crippen molar-refractivity contribution < 1.29 is 9.84 Å². The molecule has 0 spiro atoms. The Balaban J connectivity index is 1.40. The van der Waals surface area contributed by atoms with Gasteiger partial charge < -0.3 is 9.84 Å². The average molecular weight is 428 g/mol. The lowest BCUT2D eigenvalue weighted by Crippen LogP contribution is -2.34. The number of fused-ring (bicyclic) bond motifs is 1. The van der Waals surface area contributed by atoms with Gasteiger partial charge in [-0.25, -0.2) is 0 Å². The Bertz CT molecular complexity index is 1450. The van der Waals surface area contributed by atoms with E-state index >= 15 is 0 Å². The van der Waals surface area contributed by atoms with Gasteiger partial charge in [-0.2, -0.15) is 5.26 Å². The van der Waals surface area contributed by atoms with Crippen LogP contribution in [0.3, 0.4) is 0 Å². The van der Waals surface area contributed by atoms with E-state index in [1.165, 1.54) is 5.56 Å². The summed E-state index contributed by atoms with van der Waals surface area (Å²) in [5, 5.41) is 29.1. The van der Waals surface area contributed by atoms with E-state index in [1.807, 2.05) is 42.5 Å². The molecule has 4 aromatic rings. The number of hydrogen-bond acceptors (Lipinski definition) is 7. The lowest BCUT2D eigenvalue weighted by atomic mass is 9.57. The zero-order valence-corrected chi connectivity index (χ0v) is 17.0. The van der Waals surface area contributed by atoms with E-state index in [9.17, 15) is 15.2 Å². The molecule has 7 nitrogen and oxygen atoms in total. The summed E-state index contributed by atoms with van der Waals surface area (Å²) in [7, 11) is 0. The molecule has 1 saturated carbocycles. The van der Waals surface area contributed by atoms with E-state index in [0.717, 1.165) is 35.1 Å². The molecule has 7 rings (SSSR count). The molecule has 1 fully saturated rings. The Morgan fingerprint density at radius 1 is 1.13 bits per heavy atom. The molecule has 3 aliphatic rings. The second-order valence-electron chi connectivity index (χ2n) is 8.04. The Kier molecular flexibility index (Phi) is 3.88. The Labute approximate surface area is 180 Å². The highest BCUT2D eigenvalue weighted by Gasteiger charge is 2.46. The number of aromatic hydroxyl groups is 1. The fourth-order valence-corrected chi connectivity index (χ4v) is 5.88. The van der Waals surface area contributed by atoms with Gasteiger partial charge >= 0.3 is 4.87 Å². The maximum atomic E-state index is 11.7. The lowest BCUT2D eigenvalue weighted by Gasteiger charge is -2.47. The van der Waals surface area contributed by atoms with E-state index in [-0.39, 0.29) is 22.4 Å². The predicted octanol–water partition coefficient (Wildman–Crippen LogP) is 4.39. The molecule has 0 unspecified atom stereocenters. The van der Waals surface area contributed by atoms with Crippen molar-refractivity contribution in [3.63, 3.8) is 0 Å². The summed E-state index contributed by atoms with van der Waals surface area (Å²) in [5.41, 5.74) is 2.60. The summed E-state index contributed by atoms with van der Waals surface area (Å²) in [4.78, 5) is 14.7. The topological polar surface area (TPSA) is 112 Å². The number of rotatable bonds is 3. The molecule has 8 heteroatoms. The zero-order valence-electron chi connectivity index (χ0n) is 16.2. The van der Waals surface area contributed by atoms with E-state index in [1.54, 1.807) is 0 Å². The minimum absolute atomic E-state index is 0.0176. The molecule has 0 aliphatic heterocycles. The van der Waals surface area contributed by atoms with E-state index in [4.69, 9.17) is 4.74 Å². The highest BCUT2D eigenvalue weighted by atomic mass is 32.1. The quantitative estimate of drug-likeness (QED) is 0.501. The highest BCUT2D eigenvalue weighted by molar-refractivity contribution is 7.09. The molecule has 2 heterocycles. The summed E-state index contributed by atoms with van der Waals surface area (Å²) in [6.45, 7) is 0. The second kappa shape index (κ2) is 6.65. The smallest absolute Gasteiger partial charge is 0.307 e. The number of thiazole rings is 1. The van der Waals surface area contributed by atoms with Gasteiger partial charge in [0.1, 0.15) is 11.8 Å². The van der Waals surface area contributed by atoms with Crippen LogP contribution in [0.2, 0.25) is 0 Å². The van der Waals surface area contributed by atoms with Gasteiger partial charge in [0.2, 0.25) is 11.8 Å². The van der Waals surface area contributed by atoms with Crippen molar-refractivity contribution in [3.05, 3.63) is 73.8 Å². The van der Waals surface area contributed by atoms with Crippen molar-refractivity contribution in [1.82, 2.24) is 15.2 Å². The van der Waals surface area contributed by atoms with Gasteiger partial charge in [0.25, 0.3) is 0 Å². The number of benzene rings is 2. The fourth-order valence-electron chi connectivity index (χ4n) is 4.94. The van der Waals surface area contributed by atoms with Crippen molar-refractivity contribution >= 4 is 22.1 Å². The first kappa shape index (κ1) is 18.1. The van der Waals surface area contributed by atoms with Gasteiger partial charge in [-0.3, -0.25) is 9.78 Å². The Hall–Kier alpha value is -3.70. The first-order chi connectivity index (χ1) is 15.1. The van der Waals surface area contributed by atoms with Crippen LogP contribution in [0.25, 0.3) is 10.8 Å².